The van der Waals surface area contributed by atoms with Crippen LogP contribution in [0.15, 0.2) is 83.8 Å². The normalized spacial score (nSPS) is 12.1. The standard InChI is InChI=1S/C39H46N4O3SSi/c1-25(2)48(26(3)4,27(5)6)46-37-19-14-29(20-38(37)45-8)13-16-33-23-34(43-42-33)24-47-35-11-9-10-31(22-35)39(44)41-32-17-18-36-30(21-32)15-12-28(7)40-36/h9-23,25-27H,24H2,1-8H3,(H,41,44)(H,42,43)/b16-13+. The number of anilines is 1. The number of amides is 1. The highest BCUT2D eigenvalue weighted by molar-refractivity contribution is 7.98. The van der Waals surface area contributed by atoms with Crippen LogP contribution < -0.4 is 14.5 Å². The molecule has 0 saturated carbocycles. The second-order valence-corrected chi connectivity index (χ2v) is 19.5. The lowest BCUT2D eigenvalue weighted by Gasteiger charge is -2.42. The van der Waals surface area contributed by atoms with E-state index in [4.69, 9.17) is 9.16 Å². The number of thioether (sulfide) groups is 1. The van der Waals surface area contributed by atoms with E-state index in [-0.39, 0.29) is 5.91 Å². The highest BCUT2D eigenvalue weighted by Crippen LogP contribution is 2.45. The summed E-state index contributed by atoms with van der Waals surface area (Å²) in [6.45, 7) is 15.7. The van der Waals surface area contributed by atoms with Crippen molar-refractivity contribution in [3.63, 3.8) is 0 Å². The van der Waals surface area contributed by atoms with Crippen LogP contribution in [0.4, 0.5) is 5.69 Å². The first-order valence-electron chi connectivity index (χ1n) is 16.5. The molecule has 0 spiro atoms. The summed E-state index contributed by atoms with van der Waals surface area (Å²) >= 11 is 1.65. The van der Waals surface area contributed by atoms with Crippen LogP contribution in [-0.2, 0) is 5.75 Å². The van der Waals surface area contributed by atoms with E-state index in [1.165, 1.54) is 0 Å². The molecule has 2 N–H and O–H groups in total. The van der Waals surface area contributed by atoms with Gasteiger partial charge in [0, 0.05) is 38.7 Å². The van der Waals surface area contributed by atoms with Gasteiger partial charge in [-0.1, -0.05) is 65.8 Å². The lowest BCUT2D eigenvalue weighted by molar-refractivity contribution is 0.102. The van der Waals surface area contributed by atoms with E-state index in [1.807, 2.05) is 91.9 Å². The van der Waals surface area contributed by atoms with Crippen molar-refractivity contribution >= 4 is 54.7 Å². The molecule has 0 atom stereocenters. The van der Waals surface area contributed by atoms with Gasteiger partial charge in [-0.05, 0) is 95.9 Å². The van der Waals surface area contributed by atoms with Crippen molar-refractivity contribution < 1.29 is 14.0 Å². The first-order chi connectivity index (χ1) is 23.0. The summed E-state index contributed by atoms with van der Waals surface area (Å²) in [6, 6.07) is 25.6. The predicted molar refractivity (Wildman–Crippen MR) is 203 cm³/mol. The summed E-state index contributed by atoms with van der Waals surface area (Å²) in [5, 5.41) is 11.6. The molecule has 2 aromatic heterocycles. The Balaban J connectivity index is 1.20. The van der Waals surface area contributed by atoms with Crippen molar-refractivity contribution in [2.75, 3.05) is 12.4 Å². The Morgan fingerprint density at radius 2 is 1.67 bits per heavy atom. The second kappa shape index (κ2) is 15.3. The van der Waals surface area contributed by atoms with Gasteiger partial charge in [-0.25, -0.2) is 0 Å². The average Bonchev–Trinajstić information content (AvgIpc) is 3.53. The zero-order valence-corrected chi connectivity index (χ0v) is 30.9. The van der Waals surface area contributed by atoms with Gasteiger partial charge in [0.15, 0.2) is 5.75 Å². The number of hydrogen-bond acceptors (Lipinski definition) is 6. The Kier molecular flexibility index (Phi) is 11.1. The first-order valence-corrected chi connectivity index (χ1v) is 19.6. The summed E-state index contributed by atoms with van der Waals surface area (Å²) in [7, 11) is -0.409. The van der Waals surface area contributed by atoms with E-state index in [1.54, 1.807) is 18.9 Å². The summed E-state index contributed by atoms with van der Waals surface area (Å²) < 4.78 is 12.7. The number of aromatic amines is 1. The minimum atomic E-state index is -2.11. The summed E-state index contributed by atoms with van der Waals surface area (Å²) in [6.07, 6.45) is 4.02. The molecule has 0 saturated heterocycles. The molecule has 250 valence electrons. The monoisotopic (exact) mass is 678 g/mol. The van der Waals surface area contributed by atoms with Crippen LogP contribution in [0.3, 0.4) is 0 Å². The topological polar surface area (TPSA) is 89.1 Å². The third kappa shape index (κ3) is 8.02. The SMILES string of the molecule is COc1cc(/C=C/c2cc(CSc3cccc(C(=O)Nc4ccc5nc(C)ccc5c4)c3)[nH]n2)ccc1O[Si](C(C)C)(C(C)C)C(C)C. The molecule has 1 amide bonds. The second-order valence-electron chi connectivity index (χ2n) is 13.1. The van der Waals surface area contributed by atoms with Crippen LogP contribution in [0, 0.1) is 6.92 Å². The number of aromatic nitrogens is 3. The number of nitrogens with zero attached hydrogens (tertiary/aromatic N) is 2. The highest BCUT2D eigenvalue weighted by atomic mass is 32.2. The molecule has 2 heterocycles. The number of hydrogen-bond donors (Lipinski definition) is 2. The summed E-state index contributed by atoms with van der Waals surface area (Å²) in [5.74, 6) is 2.11. The van der Waals surface area contributed by atoms with Crippen LogP contribution in [0.2, 0.25) is 16.6 Å². The maximum atomic E-state index is 13.1. The van der Waals surface area contributed by atoms with E-state index < -0.39 is 8.32 Å². The minimum Gasteiger partial charge on any atom is -0.540 e. The van der Waals surface area contributed by atoms with Crippen molar-refractivity contribution in [2.45, 2.75) is 75.7 Å². The molecule has 0 radical (unpaired) electrons. The van der Waals surface area contributed by atoms with E-state index in [9.17, 15) is 4.79 Å². The minimum absolute atomic E-state index is 0.150. The van der Waals surface area contributed by atoms with Crippen molar-refractivity contribution in [3.05, 3.63) is 107 Å². The van der Waals surface area contributed by atoms with Gasteiger partial charge in [-0.2, -0.15) is 5.10 Å². The Morgan fingerprint density at radius 1 is 0.896 bits per heavy atom. The average molecular weight is 679 g/mol. The number of carbonyl (C=O) groups is 1. The molecule has 3 aromatic carbocycles. The van der Waals surface area contributed by atoms with Gasteiger partial charge >= 0.3 is 0 Å². The summed E-state index contributed by atoms with van der Waals surface area (Å²) in [4.78, 5) is 18.6. The zero-order valence-electron chi connectivity index (χ0n) is 29.1. The number of benzene rings is 3. The molecule has 0 fully saturated rings. The molecular weight excluding hydrogens is 633 g/mol. The number of H-pyrrole nitrogens is 1. The molecule has 0 unspecified atom stereocenters. The Labute approximate surface area is 289 Å². The van der Waals surface area contributed by atoms with Gasteiger partial charge in [-0.3, -0.25) is 14.9 Å². The van der Waals surface area contributed by atoms with Gasteiger partial charge in [0.05, 0.1) is 18.3 Å². The number of nitrogens with one attached hydrogen (secondary N) is 2. The van der Waals surface area contributed by atoms with E-state index >= 15 is 0 Å². The van der Waals surface area contributed by atoms with Gasteiger partial charge < -0.3 is 14.5 Å². The number of rotatable bonds is 13. The molecule has 48 heavy (non-hydrogen) atoms. The lowest BCUT2D eigenvalue weighted by atomic mass is 10.1. The van der Waals surface area contributed by atoms with Gasteiger partial charge in [0.2, 0.25) is 0 Å². The maximum Gasteiger partial charge on any atom is 0.258 e. The van der Waals surface area contributed by atoms with E-state index in [0.29, 0.717) is 27.9 Å². The third-order valence-electron chi connectivity index (χ3n) is 8.86. The number of ether oxygens (including phenoxy) is 1. The smallest absolute Gasteiger partial charge is 0.258 e. The first kappa shape index (κ1) is 35.0. The molecule has 0 aliphatic rings. The Hall–Kier alpha value is -4.34. The predicted octanol–water partition coefficient (Wildman–Crippen LogP) is 10.5. The number of carbonyl (C=O) groups excluding carboxylic acids is 1. The Bertz CT molecular complexity index is 1900. The molecule has 0 aliphatic carbocycles. The van der Waals surface area contributed by atoms with Crippen molar-refractivity contribution in [1.82, 2.24) is 15.2 Å². The fourth-order valence-corrected chi connectivity index (χ4v) is 12.6. The molecule has 5 aromatic rings. The molecule has 0 aliphatic heterocycles. The number of aryl methyl sites for hydroxylation is 1. The molecule has 7 nitrogen and oxygen atoms in total. The van der Waals surface area contributed by atoms with Gasteiger partial charge in [0.1, 0.15) is 5.75 Å². The van der Waals surface area contributed by atoms with Crippen LogP contribution in [0.25, 0.3) is 23.1 Å². The highest BCUT2D eigenvalue weighted by Gasteiger charge is 2.47. The van der Waals surface area contributed by atoms with Gasteiger partial charge in [0.25, 0.3) is 14.2 Å². The van der Waals surface area contributed by atoms with Crippen molar-refractivity contribution in [2.24, 2.45) is 0 Å². The Morgan fingerprint density at radius 3 is 2.40 bits per heavy atom. The molecule has 0 bridgehead atoms. The quantitative estimate of drug-likeness (QED) is 0.0952. The third-order valence-corrected chi connectivity index (χ3v) is 15.9. The van der Waals surface area contributed by atoms with Crippen LogP contribution in [-0.4, -0.2) is 36.5 Å². The van der Waals surface area contributed by atoms with Crippen LogP contribution in [0.5, 0.6) is 11.5 Å². The largest absolute Gasteiger partial charge is 0.540 e. The number of fused-ring (bicyclic) bond motifs is 1. The number of pyridine rings is 1. The van der Waals surface area contributed by atoms with Crippen molar-refractivity contribution in [1.29, 1.82) is 0 Å². The molecular formula is C39H46N4O3SSi. The zero-order chi connectivity index (χ0) is 34.4. The van der Waals surface area contributed by atoms with E-state index in [2.05, 4.69) is 68.1 Å². The van der Waals surface area contributed by atoms with Crippen LogP contribution in [0.1, 0.15) is 74.5 Å². The lowest BCUT2D eigenvalue weighted by Crippen LogP contribution is -2.50. The maximum absolute atomic E-state index is 13.1. The van der Waals surface area contributed by atoms with E-state index in [0.717, 1.165) is 55.6 Å². The number of methoxy groups -OCH3 is 1. The summed E-state index contributed by atoms with van der Waals surface area (Å²) in [5.41, 5.74) is 7.48. The fraction of sp³-hybridized carbons (Fsp3) is 0.308. The van der Waals surface area contributed by atoms with Gasteiger partial charge in [-0.15, -0.1) is 11.8 Å². The molecule has 5 rings (SSSR count). The van der Waals surface area contributed by atoms with Crippen molar-refractivity contribution in [3.8, 4) is 11.5 Å². The van der Waals surface area contributed by atoms with Crippen LogP contribution >= 0.6 is 11.8 Å². The fourth-order valence-electron chi connectivity index (χ4n) is 6.53. The molecule has 9 heteroatoms.